The lowest BCUT2D eigenvalue weighted by Crippen LogP contribution is -2.45. The van der Waals surface area contributed by atoms with Gasteiger partial charge in [-0.15, -0.1) is 0 Å². The number of nitrogen functional groups attached to an aromatic ring is 1. The highest BCUT2D eigenvalue weighted by Crippen LogP contribution is 2.33. The molecule has 3 rings (SSSR count). The number of aromatic hydroxyl groups is 1. The number of phenols is 1. The van der Waals surface area contributed by atoms with Crippen molar-refractivity contribution in [3.8, 4) is 5.75 Å². The summed E-state index contributed by atoms with van der Waals surface area (Å²) in [4.78, 5) is 51.3. The molecule has 0 saturated heterocycles. The molecule has 1 atom stereocenters. The van der Waals surface area contributed by atoms with Crippen LogP contribution in [0.4, 0.5) is 15.8 Å². The van der Waals surface area contributed by atoms with Gasteiger partial charge in [-0.3, -0.25) is 24.1 Å². The Morgan fingerprint density at radius 2 is 1.89 bits per heavy atom. The first-order valence-corrected chi connectivity index (χ1v) is 11.3. The molecule has 2 aromatic carbocycles. The molecule has 1 heterocycles. The molecular formula is C23H22FN5O6S. The van der Waals surface area contributed by atoms with E-state index < -0.39 is 42.1 Å². The second-order valence-corrected chi connectivity index (χ2v) is 8.08. The number of hydrogen-bond acceptors (Lipinski definition) is 9. The van der Waals surface area contributed by atoms with Crippen molar-refractivity contribution in [1.82, 2.24) is 9.69 Å². The summed E-state index contributed by atoms with van der Waals surface area (Å²) < 4.78 is 22.9. The van der Waals surface area contributed by atoms with Gasteiger partial charge in [-0.2, -0.15) is 4.37 Å². The number of nitrogens with two attached hydrogens (primary N) is 2. The van der Waals surface area contributed by atoms with Crippen LogP contribution in [0.2, 0.25) is 0 Å². The predicted molar refractivity (Wildman–Crippen MR) is 129 cm³/mol. The van der Waals surface area contributed by atoms with E-state index in [2.05, 4.69) is 9.69 Å². The van der Waals surface area contributed by atoms with Crippen molar-refractivity contribution >= 4 is 46.6 Å². The molecule has 3 amide bonds. The van der Waals surface area contributed by atoms with Gasteiger partial charge in [0.15, 0.2) is 5.69 Å². The van der Waals surface area contributed by atoms with Crippen LogP contribution >= 0.6 is 11.5 Å². The van der Waals surface area contributed by atoms with Crippen LogP contribution in [0.25, 0.3) is 0 Å². The van der Waals surface area contributed by atoms with E-state index in [-0.39, 0.29) is 39.9 Å². The van der Waals surface area contributed by atoms with Crippen molar-refractivity contribution in [3.63, 3.8) is 0 Å². The number of nitrogens with one attached hydrogen (secondary N) is 1. The number of esters is 1. The smallest absolute Gasteiger partial charge is 0.325 e. The number of carbonyl (C=O) groups is 4. The molecule has 0 aliphatic heterocycles. The minimum Gasteiger partial charge on any atom is -0.508 e. The van der Waals surface area contributed by atoms with E-state index in [4.69, 9.17) is 16.2 Å². The average Bonchev–Trinajstić information content (AvgIpc) is 3.23. The fraction of sp³-hybridized carbons (Fsp3) is 0.174. The summed E-state index contributed by atoms with van der Waals surface area (Å²) in [5.74, 6) is -4.17. The first kappa shape index (κ1) is 26.1. The summed E-state index contributed by atoms with van der Waals surface area (Å²) in [7, 11) is 0. The Hall–Kier alpha value is -4.52. The van der Waals surface area contributed by atoms with Crippen LogP contribution in [0.1, 0.15) is 38.7 Å². The maximum absolute atomic E-state index is 14.2. The Bertz CT molecular complexity index is 1300. The molecular weight excluding hydrogens is 493 g/mol. The Balaban J connectivity index is 2.15. The topological polar surface area (TPSA) is 178 Å². The standard InChI is InChI=1S/C23H22FN5O6S/c1-2-35-16(31)11-27-22(33)19(12-6-8-15(30)9-7-12)29(14-5-3-4-13(24)10-14)23(34)20-17(25)18(21(26)32)28-36-20/h3-10,19,30H,2,11,25H2,1H3,(H2,26,32)(H,27,33)/t19-/m1/s1. The predicted octanol–water partition coefficient (Wildman–Crippen LogP) is 1.74. The van der Waals surface area contributed by atoms with E-state index in [1.807, 2.05) is 0 Å². The monoisotopic (exact) mass is 515 g/mol. The van der Waals surface area contributed by atoms with E-state index >= 15 is 0 Å². The van der Waals surface area contributed by atoms with Gasteiger partial charge in [-0.1, -0.05) is 18.2 Å². The van der Waals surface area contributed by atoms with Crippen molar-refractivity contribution in [2.45, 2.75) is 13.0 Å². The summed E-state index contributed by atoms with van der Waals surface area (Å²) in [6.07, 6.45) is 0. The molecule has 6 N–H and O–H groups in total. The zero-order chi connectivity index (χ0) is 26.4. The molecule has 0 aliphatic rings. The van der Waals surface area contributed by atoms with Crippen LogP contribution in [0.15, 0.2) is 48.5 Å². The third-order valence-electron chi connectivity index (χ3n) is 4.89. The van der Waals surface area contributed by atoms with Gasteiger partial charge in [0.05, 0.1) is 12.3 Å². The first-order chi connectivity index (χ1) is 17.1. The number of primary amides is 1. The number of benzene rings is 2. The molecule has 1 aromatic heterocycles. The van der Waals surface area contributed by atoms with Gasteiger partial charge in [0, 0.05) is 5.69 Å². The fourth-order valence-corrected chi connectivity index (χ4v) is 4.03. The number of aromatic nitrogens is 1. The molecule has 13 heteroatoms. The number of amides is 3. The first-order valence-electron chi connectivity index (χ1n) is 10.5. The summed E-state index contributed by atoms with van der Waals surface area (Å²) in [5.41, 5.74) is 10.8. The Morgan fingerprint density at radius 1 is 1.19 bits per heavy atom. The van der Waals surface area contributed by atoms with Gasteiger partial charge in [0.2, 0.25) is 5.91 Å². The zero-order valence-electron chi connectivity index (χ0n) is 18.9. The van der Waals surface area contributed by atoms with E-state index in [0.717, 1.165) is 17.0 Å². The van der Waals surface area contributed by atoms with Gasteiger partial charge in [0.1, 0.15) is 29.0 Å². The Labute approximate surface area is 208 Å². The fourth-order valence-electron chi connectivity index (χ4n) is 3.29. The quantitative estimate of drug-likeness (QED) is 0.311. The minimum atomic E-state index is -1.46. The molecule has 36 heavy (non-hydrogen) atoms. The van der Waals surface area contributed by atoms with Gasteiger partial charge in [-0.25, -0.2) is 4.39 Å². The maximum atomic E-state index is 14.2. The van der Waals surface area contributed by atoms with Crippen LogP contribution in [0.5, 0.6) is 5.75 Å². The van der Waals surface area contributed by atoms with Crippen molar-refractivity contribution in [1.29, 1.82) is 0 Å². The number of anilines is 2. The number of phenolic OH excluding ortho intramolecular Hbond substituents is 1. The maximum Gasteiger partial charge on any atom is 0.325 e. The lowest BCUT2D eigenvalue weighted by Gasteiger charge is -2.31. The van der Waals surface area contributed by atoms with E-state index in [1.54, 1.807) is 6.92 Å². The molecule has 11 nitrogen and oxygen atoms in total. The normalized spacial score (nSPS) is 11.4. The number of halogens is 1. The number of ether oxygens (including phenoxy) is 1. The zero-order valence-corrected chi connectivity index (χ0v) is 19.8. The second kappa shape index (κ2) is 11.3. The molecule has 3 aromatic rings. The highest BCUT2D eigenvalue weighted by Gasteiger charge is 2.36. The molecule has 0 spiro atoms. The summed E-state index contributed by atoms with van der Waals surface area (Å²) in [5, 5.41) is 12.1. The van der Waals surface area contributed by atoms with Crippen LogP contribution in [-0.2, 0) is 14.3 Å². The van der Waals surface area contributed by atoms with Crippen LogP contribution in [0.3, 0.4) is 0 Å². The molecule has 0 fully saturated rings. The van der Waals surface area contributed by atoms with Crippen LogP contribution in [-0.4, -0.2) is 46.3 Å². The lowest BCUT2D eigenvalue weighted by molar-refractivity contribution is -0.143. The lowest BCUT2D eigenvalue weighted by atomic mass is 10.0. The SMILES string of the molecule is CCOC(=O)CNC(=O)[C@@H](c1ccc(O)cc1)N(C(=O)c1snc(C(N)=O)c1N)c1cccc(F)c1. The number of carbonyl (C=O) groups excluding carboxylic acids is 4. The third kappa shape index (κ3) is 5.75. The van der Waals surface area contributed by atoms with Crippen molar-refractivity contribution in [3.05, 3.63) is 70.5 Å². The minimum absolute atomic E-state index is 0.0298. The average molecular weight is 516 g/mol. The van der Waals surface area contributed by atoms with Crippen molar-refractivity contribution in [2.24, 2.45) is 5.73 Å². The molecule has 0 aliphatic carbocycles. The molecule has 188 valence electrons. The van der Waals surface area contributed by atoms with Crippen LogP contribution in [0, 0.1) is 5.82 Å². The van der Waals surface area contributed by atoms with E-state index in [0.29, 0.717) is 11.5 Å². The molecule has 0 unspecified atom stereocenters. The van der Waals surface area contributed by atoms with E-state index in [9.17, 15) is 28.7 Å². The number of hydrogen-bond donors (Lipinski definition) is 4. The molecule has 0 bridgehead atoms. The van der Waals surface area contributed by atoms with Crippen molar-refractivity contribution < 1.29 is 33.4 Å². The summed E-state index contributed by atoms with van der Waals surface area (Å²) >= 11 is 0.585. The van der Waals surface area contributed by atoms with Crippen molar-refractivity contribution in [2.75, 3.05) is 23.8 Å². The van der Waals surface area contributed by atoms with E-state index in [1.165, 1.54) is 36.4 Å². The highest BCUT2D eigenvalue weighted by atomic mass is 32.1. The van der Waals surface area contributed by atoms with Gasteiger partial charge in [0.25, 0.3) is 11.8 Å². The number of nitrogens with zero attached hydrogens (tertiary/aromatic N) is 2. The summed E-state index contributed by atoms with van der Waals surface area (Å²) in [6, 6.07) is 8.78. The Morgan fingerprint density at radius 3 is 2.47 bits per heavy atom. The Kier molecular flexibility index (Phi) is 8.17. The molecule has 0 radical (unpaired) electrons. The van der Waals surface area contributed by atoms with Gasteiger partial charge < -0.3 is 26.6 Å². The second-order valence-electron chi connectivity index (χ2n) is 7.31. The number of rotatable bonds is 9. The van der Waals surface area contributed by atoms with Crippen LogP contribution < -0.4 is 21.7 Å². The third-order valence-corrected chi connectivity index (χ3v) is 5.74. The van der Waals surface area contributed by atoms with Gasteiger partial charge in [-0.05, 0) is 54.4 Å². The highest BCUT2D eigenvalue weighted by molar-refractivity contribution is 7.09. The summed E-state index contributed by atoms with van der Waals surface area (Å²) in [6.45, 7) is 1.20. The largest absolute Gasteiger partial charge is 0.508 e. The van der Waals surface area contributed by atoms with Gasteiger partial charge >= 0.3 is 5.97 Å². The molecule has 0 saturated carbocycles.